The molecule has 198 valence electrons. The molecule has 0 aliphatic heterocycles. The van der Waals surface area contributed by atoms with E-state index in [0.29, 0.717) is 17.8 Å². The number of unbranched alkanes of at least 4 members (excludes halogenated alkanes) is 1. The third-order valence-electron chi connectivity index (χ3n) is 9.64. The minimum Gasteiger partial charge on any atom is -0.0799 e. The van der Waals surface area contributed by atoms with Gasteiger partial charge in [-0.2, -0.15) is 0 Å². The van der Waals surface area contributed by atoms with Gasteiger partial charge < -0.3 is 0 Å². The zero-order valence-electron chi connectivity index (χ0n) is 24.4. The zero-order chi connectivity index (χ0) is 26.9. The highest BCUT2D eigenvalue weighted by Gasteiger charge is 2.45. The Morgan fingerprint density at radius 3 is 2.29 bits per heavy atom. The topological polar surface area (TPSA) is 0 Å². The smallest absolute Gasteiger partial charge is 0.0117 e. The van der Waals surface area contributed by atoms with E-state index >= 15 is 0 Å². The van der Waals surface area contributed by atoms with Gasteiger partial charge >= 0.3 is 0 Å². The minimum absolute atomic E-state index is 0.0892. The molecule has 0 N–H and O–H groups in total. The van der Waals surface area contributed by atoms with Gasteiger partial charge in [0.15, 0.2) is 0 Å². The van der Waals surface area contributed by atoms with E-state index in [9.17, 15) is 0 Å². The summed E-state index contributed by atoms with van der Waals surface area (Å²) in [7, 11) is 0. The van der Waals surface area contributed by atoms with Crippen molar-refractivity contribution < 1.29 is 0 Å². The average Bonchev–Trinajstić information content (AvgIpc) is 3.26. The highest BCUT2D eigenvalue weighted by atomic mass is 14.5. The van der Waals surface area contributed by atoms with Gasteiger partial charge in [0.1, 0.15) is 0 Å². The van der Waals surface area contributed by atoms with Gasteiger partial charge in [0.2, 0.25) is 0 Å². The van der Waals surface area contributed by atoms with Crippen molar-refractivity contribution in [3.05, 3.63) is 119 Å². The summed E-state index contributed by atoms with van der Waals surface area (Å²) >= 11 is 0. The number of allylic oxidation sites excluding steroid dienone is 6. The van der Waals surface area contributed by atoms with Crippen LogP contribution in [0.15, 0.2) is 96.6 Å². The van der Waals surface area contributed by atoms with Crippen LogP contribution >= 0.6 is 0 Å². The van der Waals surface area contributed by atoms with Gasteiger partial charge in [-0.05, 0) is 63.1 Å². The summed E-state index contributed by atoms with van der Waals surface area (Å²) in [4.78, 5) is 0. The number of hydrogen-bond acceptors (Lipinski definition) is 0. The summed E-state index contributed by atoms with van der Waals surface area (Å²) in [6.07, 6.45) is 18.1. The number of benzene rings is 3. The Labute approximate surface area is 231 Å². The second-order valence-electron chi connectivity index (χ2n) is 12.7. The van der Waals surface area contributed by atoms with Gasteiger partial charge in [-0.1, -0.05) is 157 Å². The fraction of sp³-hybridized carbons (Fsp3) is 0.421. The molecule has 0 saturated carbocycles. The Balaban J connectivity index is 1.44. The van der Waals surface area contributed by atoms with E-state index in [2.05, 4.69) is 133 Å². The SMILES string of the molecule is CCCCC1c2ccc3ccccc3c2C(C)(C)C1/C=C/C=C/C=C1/C(CCC)c2ccccc2C1(C)C. The zero-order valence-corrected chi connectivity index (χ0v) is 24.4. The number of fused-ring (bicyclic) bond motifs is 4. The molecule has 3 atom stereocenters. The lowest BCUT2D eigenvalue weighted by atomic mass is 9.74. The van der Waals surface area contributed by atoms with Crippen LogP contribution in [-0.2, 0) is 10.8 Å². The van der Waals surface area contributed by atoms with Crippen molar-refractivity contribution in [1.82, 2.24) is 0 Å². The first-order valence-electron chi connectivity index (χ1n) is 15.0. The summed E-state index contributed by atoms with van der Waals surface area (Å²) in [6, 6.07) is 22.8. The van der Waals surface area contributed by atoms with Gasteiger partial charge in [-0.15, -0.1) is 0 Å². The lowest BCUT2D eigenvalue weighted by molar-refractivity contribution is 0.354. The highest BCUT2D eigenvalue weighted by Crippen LogP contribution is 2.55. The number of rotatable bonds is 8. The fourth-order valence-electron chi connectivity index (χ4n) is 7.77. The second-order valence-corrected chi connectivity index (χ2v) is 12.7. The molecule has 2 aliphatic rings. The maximum atomic E-state index is 2.52. The van der Waals surface area contributed by atoms with Crippen LogP contribution in [0.4, 0.5) is 0 Å². The first-order valence-corrected chi connectivity index (χ1v) is 15.0. The van der Waals surface area contributed by atoms with Crippen LogP contribution in [0.2, 0.25) is 0 Å². The van der Waals surface area contributed by atoms with E-state index in [1.165, 1.54) is 54.0 Å². The molecule has 0 saturated heterocycles. The first-order chi connectivity index (χ1) is 18.3. The molecule has 0 fully saturated rings. The van der Waals surface area contributed by atoms with Crippen molar-refractivity contribution >= 4 is 10.8 Å². The van der Waals surface area contributed by atoms with Gasteiger partial charge in [-0.3, -0.25) is 0 Å². The fourth-order valence-corrected chi connectivity index (χ4v) is 7.77. The molecule has 0 heteroatoms. The molecule has 0 amide bonds. The molecule has 5 rings (SSSR count). The van der Waals surface area contributed by atoms with Crippen molar-refractivity contribution in [2.45, 2.75) is 96.3 Å². The molecule has 0 aromatic heterocycles. The third-order valence-corrected chi connectivity index (χ3v) is 9.64. The summed E-state index contributed by atoms with van der Waals surface area (Å²) in [5, 5.41) is 2.81. The highest BCUT2D eigenvalue weighted by molar-refractivity contribution is 5.89. The molecule has 0 heterocycles. The van der Waals surface area contributed by atoms with E-state index in [-0.39, 0.29) is 10.8 Å². The maximum Gasteiger partial charge on any atom is 0.0117 e. The summed E-state index contributed by atoms with van der Waals surface area (Å²) in [5.74, 6) is 1.63. The summed E-state index contributed by atoms with van der Waals surface area (Å²) in [5.41, 5.74) is 7.95. The van der Waals surface area contributed by atoms with Gasteiger partial charge in [-0.25, -0.2) is 0 Å². The van der Waals surface area contributed by atoms with Crippen molar-refractivity contribution in [3.8, 4) is 0 Å². The average molecular weight is 503 g/mol. The molecule has 3 aromatic carbocycles. The quantitative estimate of drug-likeness (QED) is 0.269. The molecule has 3 unspecified atom stereocenters. The third kappa shape index (κ3) is 4.51. The van der Waals surface area contributed by atoms with Crippen LogP contribution in [0.25, 0.3) is 10.8 Å². The van der Waals surface area contributed by atoms with Crippen molar-refractivity contribution in [1.29, 1.82) is 0 Å². The van der Waals surface area contributed by atoms with Crippen LogP contribution < -0.4 is 0 Å². The Bertz CT molecular complexity index is 1380. The molecule has 2 aliphatic carbocycles. The Hall–Kier alpha value is -2.86. The molecule has 0 bridgehead atoms. The molecular weight excluding hydrogens is 456 g/mol. The number of hydrogen-bond donors (Lipinski definition) is 0. The van der Waals surface area contributed by atoms with Crippen molar-refractivity contribution in [2.75, 3.05) is 0 Å². The predicted molar refractivity (Wildman–Crippen MR) is 166 cm³/mol. The summed E-state index contributed by atoms with van der Waals surface area (Å²) < 4.78 is 0. The molecule has 0 spiro atoms. The first kappa shape index (κ1) is 26.7. The van der Waals surface area contributed by atoms with E-state index in [4.69, 9.17) is 0 Å². The van der Waals surface area contributed by atoms with Gasteiger partial charge in [0, 0.05) is 11.3 Å². The Morgan fingerprint density at radius 2 is 1.50 bits per heavy atom. The van der Waals surface area contributed by atoms with Crippen LogP contribution in [0, 0.1) is 5.92 Å². The lowest BCUT2D eigenvalue weighted by Crippen LogP contribution is -2.24. The van der Waals surface area contributed by atoms with E-state index in [1.54, 1.807) is 16.7 Å². The Morgan fingerprint density at radius 1 is 0.737 bits per heavy atom. The standard InChI is InChI=1S/C38H46/c1-7-9-19-31-32-26-25-27-18-13-14-20-28(27)36(32)38(5,6)35(31)23-12-10-11-22-33-29(17-8-2)30-21-15-16-24-34(30)37(33,3)4/h10-16,18,20-26,29,31,35H,7-9,17,19H2,1-6H3/b11-10+,23-12+,33-22-. The minimum atomic E-state index is 0.0892. The van der Waals surface area contributed by atoms with Gasteiger partial charge in [0.05, 0.1) is 0 Å². The largest absolute Gasteiger partial charge is 0.0799 e. The summed E-state index contributed by atoms with van der Waals surface area (Å²) in [6.45, 7) is 14.4. The van der Waals surface area contributed by atoms with E-state index in [0.717, 1.165) is 0 Å². The van der Waals surface area contributed by atoms with Crippen LogP contribution in [0.5, 0.6) is 0 Å². The molecule has 3 aromatic rings. The predicted octanol–water partition coefficient (Wildman–Crippen LogP) is 10.9. The van der Waals surface area contributed by atoms with Crippen LogP contribution in [0.3, 0.4) is 0 Å². The van der Waals surface area contributed by atoms with E-state index in [1.807, 2.05) is 0 Å². The monoisotopic (exact) mass is 502 g/mol. The van der Waals surface area contributed by atoms with Crippen molar-refractivity contribution in [3.63, 3.8) is 0 Å². The maximum absolute atomic E-state index is 2.52. The normalized spacial score (nSPS) is 24.6. The molecule has 0 radical (unpaired) electrons. The van der Waals surface area contributed by atoms with Crippen molar-refractivity contribution in [2.24, 2.45) is 5.92 Å². The Kier molecular flexibility index (Phi) is 7.54. The molecular formula is C38H46. The van der Waals surface area contributed by atoms with Crippen LogP contribution in [-0.4, -0.2) is 0 Å². The second kappa shape index (κ2) is 10.7. The molecule has 38 heavy (non-hydrogen) atoms. The van der Waals surface area contributed by atoms with Gasteiger partial charge in [0.25, 0.3) is 0 Å². The molecule has 0 nitrogen and oxygen atoms in total. The van der Waals surface area contributed by atoms with E-state index < -0.39 is 0 Å². The lowest BCUT2D eigenvalue weighted by Gasteiger charge is -2.30. The van der Waals surface area contributed by atoms with Crippen LogP contribution in [0.1, 0.15) is 108 Å².